The number of hydrogen-bond donors (Lipinski definition) is 3. The first kappa shape index (κ1) is 15.5. The van der Waals surface area contributed by atoms with E-state index in [0.29, 0.717) is 6.04 Å². The molecule has 5 nitrogen and oxygen atoms in total. The van der Waals surface area contributed by atoms with Crippen molar-refractivity contribution in [1.29, 1.82) is 0 Å². The van der Waals surface area contributed by atoms with Crippen molar-refractivity contribution in [2.24, 2.45) is 0 Å². The molecule has 0 atom stereocenters. The smallest absolute Gasteiger partial charge is 0.251 e. The van der Waals surface area contributed by atoms with Gasteiger partial charge in [-0.15, -0.1) is 0 Å². The fraction of sp³-hybridized carbons (Fsp3) is 0.455. The molecule has 27 heavy (non-hydrogen) atoms. The molecule has 2 heterocycles. The second-order valence-corrected chi connectivity index (χ2v) is 8.67. The van der Waals surface area contributed by atoms with Gasteiger partial charge in [0.1, 0.15) is 0 Å². The number of rotatable bonds is 2. The van der Waals surface area contributed by atoms with E-state index in [4.69, 9.17) is 0 Å². The predicted octanol–water partition coefficient (Wildman–Crippen LogP) is 4.21. The molecule has 2 aromatic heterocycles. The highest BCUT2D eigenvalue weighted by Gasteiger charge is 2.46. The van der Waals surface area contributed by atoms with Crippen LogP contribution >= 0.6 is 0 Å². The number of aromatic nitrogens is 3. The first-order chi connectivity index (χ1) is 13.2. The largest absolute Gasteiger partial charge is 0.353 e. The summed E-state index contributed by atoms with van der Waals surface area (Å²) in [6.07, 6.45) is 11.4. The van der Waals surface area contributed by atoms with Gasteiger partial charge in [0.15, 0.2) is 0 Å². The van der Waals surface area contributed by atoms with Crippen LogP contribution in [0.2, 0.25) is 0 Å². The van der Waals surface area contributed by atoms with Gasteiger partial charge in [0.25, 0.3) is 5.91 Å². The highest BCUT2D eigenvalue weighted by atomic mass is 16.1. The molecule has 3 aromatic rings. The maximum Gasteiger partial charge on any atom is 0.251 e. The molecule has 0 radical (unpaired) electrons. The Labute approximate surface area is 157 Å². The number of nitrogens with one attached hydrogen (secondary N) is 3. The molecule has 5 heteroatoms. The third-order valence-electron chi connectivity index (χ3n) is 7.09. The molecule has 0 bridgehead atoms. The average Bonchev–Trinajstić information content (AvgIpc) is 3.37. The van der Waals surface area contributed by atoms with Crippen LogP contribution in [0.3, 0.4) is 0 Å². The second kappa shape index (κ2) is 5.47. The van der Waals surface area contributed by atoms with Crippen molar-refractivity contribution in [2.75, 3.05) is 0 Å². The predicted molar refractivity (Wildman–Crippen MR) is 105 cm³/mol. The summed E-state index contributed by atoms with van der Waals surface area (Å²) in [6, 6.07) is 6.48. The first-order valence-electron chi connectivity index (χ1n) is 10.2. The van der Waals surface area contributed by atoms with Gasteiger partial charge in [0.05, 0.1) is 17.6 Å². The van der Waals surface area contributed by atoms with Crippen LogP contribution in [0.5, 0.6) is 0 Å². The number of benzene rings is 1. The number of H-pyrrole nitrogens is 2. The van der Waals surface area contributed by atoms with Crippen molar-refractivity contribution >= 4 is 16.8 Å². The van der Waals surface area contributed by atoms with Crippen molar-refractivity contribution in [1.82, 2.24) is 20.5 Å². The summed E-state index contributed by atoms with van der Waals surface area (Å²) in [5.74, 6) is 0.0689. The lowest BCUT2D eigenvalue weighted by Crippen LogP contribution is -2.38. The molecule has 2 saturated carbocycles. The standard InChI is InChI=1S/C22H24N4O/c27-21(24-15-4-1-2-5-15)13-6-7-17-16(10-13)18-20(25-17)19-14(12-23-26-19)11-22(18)8-3-9-22/h6-7,10,12,15,25H,1-5,8-9,11H2,(H,23,26)(H,24,27). The van der Waals surface area contributed by atoms with Crippen LogP contribution in [-0.2, 0) is 11.8 Å². The summed E-state index contributed by atoms with van der Waals surface area (Å²) in [6.45, 7) is 0. The van der Waals surface area contributed by atoms with E-state index in [1.54, 1.807) is 0 Å². The maximum atomic E-state index is 12.8. The van der Waals surface area contributed by atoms with Gasteiger partial charge in [-0.2, -0.15) is 5.10 Å². The number of fused-ring (bicyclic) bond motifs is 6. The number of amides is 1. The Bertz CT molecular complexity index is 1050. The van der Waals surface area contributed by atoms with Crippen molar-refractivity contribution < 1.29 is 4.79 Å². The molecule has 138 valence electrons. The summed E-state index contributed by atoms with van der Waals surface area (Å²) >= 11 is 0. The van der Waals surface area contributed by atoms with Gasteiger partial charge in [-0.3, -0.25) is 9.89 Å². The first-order valence-corrected chi connectivity index (χ1v) is 10.2. The molecular formula is C22H24N4O. The molecule has 2 fully saturated rings. The molecule has 6 rings (SSSR count). The minimum Gasteiger partial charge on any atom is -0.353 e. The molecule has 0 saturated heterocycles. The highest BCUT2D eigenvalue weighted by molar-refractivity contribution is 6.01. The lowest BCUT2D eigenvalue weighted by atomic mass is 9.58. The van der Waals surface area contributed by atoms with Crippen LogP contribution < -0.4 is 5.32 Å². The van der Waals surface area contributed by atoms with Crippen LogP contribution in [0.25, 0.3) is 22.3 Å². The van der Waals surface area contributed by atoms with Crippen molar-refractivity contribution in [2.45, 2.75) is 62.8 Å². The van der Waals surface area contributed by atoms with Gasteiger partial charge in [0, 0.05) is 33.5 Å². The minimum absolute atomic E-state index is 0.0689. The molecule has 3 aliphatic carbocycles. The summed E-state index contributed by atoms with van der Waals surface area (Å²) in [4.78, 5) is 16.4. The zero-order chi connectivity index (χ0) is 18.0. The topological polar surface area (TPSA) is 73.6 Å². The normalized spacial score (nSPS) is 20.4. The van der Waals surface area contributed by atoms with E-state index in [0.717, 1.165) is 36.0 Å². The number of hydrogen-bond acceptors (Lipinski definition) is 2. The monoisotopic (exact) mass is 360 g/mol. The zero-order valence-electron chi connectivity index (χ0n) is 15.4. The van der Waals surface area contributed by atoms with Gasteiger partial charge in [-0.1, -0.05) is 19.3 Å². The number of nitrogens with zero attached hydrogens (tertiary/aromatic N) is 1. The molecule has 1 spiro atoms. The van der Waals surface area contributed by atoms with Crippen LogP contribution in [0.4, 0.5) is 0 Å². The number of carbonyl (C=O) groups is 1. The molecule has 0 aliphatic heterocycles. The van der Waals surface area contributed by atoms with Crippen LogP contribution in [0, 0.1) is 0 Å². The fourth-order valence-electron chi connectivity index (χ4n) is 5.56. The summed E-state index contributed by atoms with van der Waals surface area (Å²) in [7, 11) is 0. The van der Waals surface area contributed by atoms with E-state index in [1.165, 1.54) is 54.3 Å². The summed E-state index contributed by atoms with van der Waals surface area (Å²) in [5, 5.41) is 11.9. The summed E-state index contributed by atoms with van der Waals surface area (Å²) < 4.78 is 0. The molecule has 3 aliphatic rings. The Morgan fingerprint density at radius 1 is 1.15 bits per heavy atom. The third-order valence-corrected chi connectivity index (χ3v) is 7.09. The molecule has 3 N–H and O–H groups in total. The van der Waals surface area contributed by atoms with Crippen molar-refractivity contribution in [3.05, 3.63) is 41.1 Å². The van der Waals surface area contributed by atoms with Crippen LogP contribution in [0.1, 0.15) is 66.4 Å². The third kappa shape index (κ3) is 2.17. The highest BCUT2D eigenvalue weighted by Crippen LogP contribution is 2.55. The van der Waals surface area contributed by atoms with E-state index >= 15 is 0 Å². The Morgan fingerprint density at radius 2 is 2.00 bits per heavy atom. The van der Waals surface area contributed by atoms with Gasteiger partial charge < -0.3 is 10.3 Å². The lowest BCUT2D eigenvalue weighted by Gasteiger charge is -2.45. The van der Waals surface area contributed by atoms with E-state index in [2.05, 4.69) is 32.6 Å². The lowest BCUT2D eigenvalue weighted by molar-refractivity contribution is 0.0938. The SMILES string of the molecule is O=C(NC1CCCC1)c1ccc2[nH]c3c(c2c1)C1(CCC1)Cc1cn[nH]c1-3. The number of carbonyl (C=O) groups excluding carboxylic acids is 1. The van der Waals surface area contributed by atoms with Gasteiger partial charge in [-0.05, 0) is 55.9 Å². The maximum absolute atomic E-state index is 12.8. The molecule has 1 aromatic carbocycles. The van der Waals surface area contributed by atoms with Crippen LogP contribution in [0.15, 0.2) is 24.4 Å². The zero-order valence-corrected chi connectivity index (χ0v) is 15.4. The van der Waals surface area contributed by atoms with Crippen molar-refractivity contribution in [3.63, 3.8) is 0 Å². The molecule has 1 amide bonds. The van der Waals surface area contributed by atoms with Gasteiger partial charge >= 0.3 is 0 Å². The van der Waals surface area contributed by atoms with E-state index in [-0.39, 0.29) is 11.3 Å². The summed E-state index contributed by atoms with van der Waals surface area (Å²) in [5.41, 5.74) is 7.12. The fourth-order valence-corrected chi connectivity index (χ4v) is 5.56. The Morgan fingerprint density at radius 3 is 2.78 bits per heavy atom. The second-order valence-electron chi connectivity index (χ2n) is 8.67. The minimum atomic E-state index is 0.0689. The van der Waals surface area contributed by atoms with E-state index in [1.807, 2.05) is 12.3 Å². The Hall–Kier alpha value is -2.56. The quantitative estimate of drug-likeness (QED) is 0.640. The average molecular weight is 360 g/mol. The Kier molecular flexibility index (Phi) is 3.14. The molecular weight excluding hydrogens is 336 g/mol. The number of aromatic amines is 2. The van der Waals surface area contributed by atoms with E-state index < -0.39 is 0 Å². The van der Waals surface area contributed by atoms with Gasteiger partial charge in [0.2, 0.25) is 0 Å². The van der Waals surface area contributed by atoms with Crippen LogP contribution in [-0.4, -0.2) is 27.1 Å². The van der Waals surface area contributed by atoms with Gasteiger partial charge in [-0.25, -0.2) is 0 Å². The van der Waals surface area contributed by atoms with E-state index in [9.17, 15) is 4.79 Å². The molecule has 0 unspecified atom stereocenters. The Balaban J connectivity index is 1.47. The van der Waals surface area contributed by atoms with Crippen molar-refractivity contribution in [3.8, 4) is 11.4 Å².